The number of nitrogens with one attached hydrogen (secondary N) is 1. The number of carbonyl (C=O) groups is 1. The number of amides is 1. The van der Waals surface area contributed by atoms with Gasteiger partial charge in [-0.25, -0.2) is 13.8 Å². The monoisotopic (exact) mass is 322 g/mol. The first-order valence-electron chi connectivity index (χ1n) is 5.93. The Kier molecular flexibility index (Phi) is 4.59. The minimum atomic E-state index is -1.04. The lowest BCUT2D eigenvalue weighted by Gasteiger charge is -2.10. The molecule has 1 N–H and O–H groups in total. The van der Waals surface area contributed by atoms with Crippen molar-refractivity contribution in [3.63, 3.8) is 0 Å². The summed E-state index contributed by atoms with van der Waals surface area (Å²) in [6.45, 7) is 0. The predicted molar refractivity (Wildman–Crippen MR) is 78.0 cm³/mol. The van der Waals surface area contributed by atoms with Gasteiger partial charge in [0.2, 0.25) is 5.88 Å². The van der Waals surface area contributed by atoms with E-state index >= 15 is 0 Å². The summed E-state index contributed by atoms with van der Waals surface area (Å²) in [6, 6.07) is 3.33. The van der Waals surface area contributed by atoms with Crippen LogP contribution in [0.25, 0.3) is 0 Å². The van der Waals surface area contributed by atoms with E-state index in [0.717, 1.165) is 12.1 Å². The summed E-state index contributed by atoms with van der Waals surface area (Å²) in [5, 5.41) is 2.48. The highest BCUT2D eigenvalue weighted by Gasteiger charge is 2.18. The number of carbonyl (C=O) groups excluding carboxylic acids is 1. The van der Waals surface area contributed by atoms with Crippen molar-refractivity contribution in [1.29, 1.82) is 0 Å². The summed E-state index contributed by atoms with van der Waals surface area (Å²) >= 11 is 5.77. The van der Waals surface area contributed by atoms with Gasteiger partial charge in [0.05, 0.1) is 23.4 Å². The minimum Gasteiger partial charge on any atom is -0.480 e. The molecule has 2 aromatic rings. The molecule has 1 aromatic heterocycles. The molecular formula is C15H9ClF2N2O2. The molecule has 0 spiro atoms. The fourth-order valence-corrected chi connectivity index (χ4v) is 1.88. The number of hydrogen-bond acceptors (Lipinski definition) is 3. The molecule has 112 valence electrons. The Morgan fingerprint density at radius 3 is 2.82 bits per heavy atom. The maximum Gasteiger partial charge on any atom is 0.261 e. The largest absolute Gasteiger partial charge is 0.480 e. The Morgan fingerprint density at radius 1 is 1.45 bits per heavy atom. The maximum absolute atomic E-state index is 14.0. The van der Waals surface area contributed by atoms with E-state index in [1.54, 1.807) is 0 Å². The molecule has 0 bridgehead atoms. The number of hydrogen-bond donors (Lipinski definition) is 1. The zero-order valence-electron chi connectivity index (χ0n) is 11.3. The van der Waals surface area contributed by atoms with Crippen molar-refractivity contribution in [2.75, 3.05) is 12.4 Å². The molecule has 0 aliphatic rings. The first kappa shape index (κ1) is 15.7. The molecular weight excluding hydrogens is 314 g/mol. The first-order chi connectivity index (χ1) is 10.5. The van der Waals surface area contributed by atoms with E-state index in [1.807, 2.05) is 5.92 Å². The molecule has 0 radical (unpaired) electrons. The number of halogens is 3. The number of rotatable bonds is 3. The number of methoxy groups -OCH3 is 1. The van der Waals surface area contributed by atoms with Crippen LogP contribution in [0.5, 0.6) is 5.88 Å². The lowest BCUT2D eigenvalue weighted by Crippen LogP contribution is -2.15. The molecule has 7 heteroatoms. The summed E-state index contributed by atoms with van der Waals surface area (Å²) in [5.41, 5.74) is -0.823. The van der Waals surface area contributed by atoms with Crippen LogP contribution in [0.1, 0.15) is 15.9 Å². The average Bonchev–Trinajstić information content (AvgIpc) is 2.50. The fraction of sp³-hybridized carbons (Fsp3) is 0.0667. The Balaban J connectivity index is 2.38. The summed E-state index contributed by atoms with van der Waals surface area (Å²) in [7, 11) is 1.32. The number of ether oxygens (including phenoxy) is 1. The van der Waals surface area contributed by atoms with Crippen LogP contribution >= 0.6 is 11.6 Å². The van der Waals surface area contributed by atoms with Crippen molar-refractivity contribution in [3.8, 4) is 18.2 Å². The van der Waals surface area contributed by atoms with E-state index in [4.69, 9.17) is 22.8 Å². The molecule has 0 aliphatic carbocycles. The van der Waals surface area contributed by atoms with Crippen LogP contribution in [-0.4, -0.2) is 18.0 Å². The molecule has 0 saturated carbocycles. The van der Waals surface area contributed by atoms with Crippen molar-refractivity contribution < 1.29 is 18.3 Å². The molecule has 0 aliphatic heterocycles. The lowest BCUT2D eigenvalue weighted by atomic mass is 10.1. The Labute approximate surface area is 130 Å². The molecule has 1 heterocycles. The van der Waals surface area contributed by atoms with Crippen molar-refractivity contribution in [2.24, 2.45) is 0 Å². The predicted octanol–water partition coefficient (Wildman–Crippen LogP) is 3.26. The second-order valence-corrected chi connectivity index (χ2v) is 4.53. The van der Waals surface area contributed by atoms with Gasteiger partial charge < -0.3 is 10.1 Å². The van der Waals surface area contributed by atoms with Gasteiger partial charge in [-0.15, -0.1) is 6.42 Å². The van der Waals surface area contributed by atoms with E-state index in [1.165, 1.54) is 19.4 Å². The third kappa shape index (κ3) is 3.00. The van der Waals surface area contributed by atoms with Crippen LogP contribution < -0.4 is 10.1 Å². The lowest BCUT2D eigenvalue weighted by molar-refractivity contribution is 0.102. The smallest absolute Gasteiger partial charge is 0.261 e. The number of aromatic nitrogens is 1. The van der Waals surface area contributed by atoms with Crippen molar-refractivity contribution >= 4 is 23.2 Å². The molecule has 4 nitrogen and oxygen atoms in total. The summed E-state index contributed by atoms with van der Waals surface area (Å²) < 4.78 is 32.3. The van der Waals surface area contributed by atoms with Gasteiger partial charge >= 0.3 is 0 Å². The van der Waals surface area contributed by atoms with Crippen molar-refractivity contribution in [1.82, 2.24) is 4.98 Å². The van der Waals surface area contributed by atoms with Crippen molar-refractivity contribution in [3.05, 3.63) is 52.2 Å². The minimum absolute atomic E-state index is 0.000910. The fourth-order valence-electron chi connectivity index (χ4n) is 1.72. The van der Waals surface area contributed by atoms with Gasteiger partial charge in [-0.3, -0.25) is 4.79 Å². The molecule has 1 amide bonds. The topological polar surface area (TPSA) is 51.2 Å². The Bertz CT molecular complexity index is 788. The Hall–Kier alpha value is -2.65. The van der Waals surface area contributed by atoms with Crippen LogP contribution in [0.3, 0.4) is 0 Å². The zero-order valence-corrected chi connectivity index (χ0v) is 12.0. The molecule has 22 heavy (non-hydrogen) atoms. The highest BCUT2D eigenvalue weighted by molar-refractivity contribution is 6.31. The standard InChI is InChI=1S/C15H9ClF2N2O2/c1-3-9-11(17)4-5-12(13(9)18)20-14(21)10-6-8(16)7-19-15(10)22-2/h1,4-7H,2H3,(H,20,21). The molecule has 0 fully saturated rings. The molecule has 0 saturated heterocycles. The number of anilines is 1. The van der Waals surface area contributed by atoms with Crippen LogP contribution in [-0.2, 0) is 0 Å². The van der Waals surface area contributed by atoms with Gasteiger partial charge in [0, 0.05) is 6.20 Å². The number of pyridine rings is 1. The SMILES string of the molecule is C#Cc1c(F)ccc(NC(=O)c2cc(Cl)cnc2OC)c1F. The normalized spacial score (nSPS) is 9.95. The quantitative estimate of drug-likeness (QED) is 0.883. The van der Waals surface area contributed by atoms with Gasteiger partial charge in [-0.05, 0) is 18.2 Å². The second-order valence-electron chi connectivity index (χ2n) is 4.09. The van der Waals surface area contributed by atoms with Gasteiger partial charge in [-0.1, -0.05) is 17.5 Å². The first-order valence-corrected chi connectivity index (χ1v) is 6.31. The van der Waals surface area contributed by atoms with E-state index in [0.29, 0.717) is 0 Å². The zero-order chi connectivity index (χ0) is 16.3. The third-order valence-corrected chi connectivity index (χ3v) is 2.95. The van der Waals surface area contributed by atoms with Crippen LogP contribution in [0.4, 0.5) is 14.5 Å². The van der Waals surface area contributed by atoms with E-state index in [-0.39, 0.29) is 22.2 Å². The molecule has 2 rings (SSSR count). The van der Waals surface area contributed by atoms with Gasteiger partial charge in [0.1, 0.15) is 11.4 Å². The molecule has 0 unspecified atom stereocenters. The van der Waals surface area contributed by atoms with Crippen LogP contribution in [0, 0.1) is 24.0 Å². The van der Waals surface area contributed by atoms with E-state index in [2.05, 4.69) is 10.3 Å². The number of nitrogens with zero attached hydrogens (tertiary/aromatic N) is 1. The average molecular weight is 323 g/mol. The third-order valence-electron chi connectivity index (χ3n) is 2.74. The van der Waals surface area contributed by atoms with Gasteiger partial charge in [-0.2, -0.15) is 0 Å². The van der Waals surface area contributed by atoms with Crippen LogP contribution in [0.2, 0.25) is 5.02 Å². The van der Waals surface area contributed by atoms with Gasteiger partial charge in [0.15, 0.2) is 5.82 Å². The summed E-state index contributed by atoms with van der Waals surface area (Å²) in [6.07, 6.45) is 6.34. The van der Waals surface area contributed by atoms with E-state index in [9.17, 15) is 13.6 Å². The summed E-state index contributed by atoms with van der Waals surface area (Å²) in [4.78, 5) is 16.0. The van der Waals surface area contributed by atoms with E-state index < -0.39 is 23.1 Å². The highest BCUT2D eigenvalue weighted by atomic mass is 35.5. The second kappa shape index (κ2) is 6.41. The highest BCUT2D eigenvalue weighted by Crippen LogP contribution is 2.24. The van der Waals surface area contributed by atoms with Crippen LogP contribution in [0.15, 0.2) is 24.4 Å². The molecule has 1 aromatic carbocycles. The summed E-state index contributed by atoms with van der Waals surface area (Å²) in [5.74, 6) is -0.743. The number of terminal acetylenes is 1. The molecule has 0 atom stereocenters. The maximum atomic E-state index is 14.0. The Morgan fingerprint density at radius 2 is 2.18 bits per heavy atom. The number of benzene rings is 1. The van der Waals surface area contributed by atoms with Crippen molar-refractivity contribution in [2.45, 2.75) is 0 Å². The van der Waals surface area contributed by atoms with Gasteiger partial charge in [0.25, 0.3) is 5.91 Å².